The van der Waals surface area contributed by atoms with E-state index in [4.69, 9.17) is 25.8 Å². The van der Waals surface area contributed by atoms with Crippen LogP contribution in [0.15, 0.2) is 18.2 Å². The molecule has 5 heteroatoms. The van der Waals surface area contributed by atoms with Crippen LogP contribution in [-0.2, 0) is 16.1 Å². The summed E-state index contributed by atoms with van der Waals surface area (Å²) in [6, 6.07) is 5.46. The van der Waals surface area contributed by atoms with Gasteiger partial charge in [-0.15, -0.1) is 0 Å². The third-order valence-electron chi connectivity index (χ3n) is 2.29. The predicted octanol–water partition coefficient (Wildman–Crippen LogP) is 2.37. The van der Waals surface area contributed by atoms with Gasteiger partial charge in [-0.1, -0.05) is 12.1 Å². The first-order valence-corrected chi connectivity index (χ1v) is 5.48. The summed E-state index contributed by atoms with van der Waals surface area (Å²) in [7, 11) is 3.12. The SMILES string of the molecule is COc1cccc(COC(C)C(=O)Cl)c1OC. The summed E-state index contributed by atoms with van der Waals surface area (Å²) in [6.07, 6.45) is -0.646. The largest absolute Gasteiger partial charge is 0.493 e. The van der Waals surface area contributed by atoms with Crippen molar-refractivity contribution in [3.63, 3.8) is 0 Å². The van der Waals surface area contributed by atoms with Crippen LogP contribution in [0.25, 0.3) is 0 Å². The highest BCUT2D eigenvalue weighted by Crippen LogP contribution is 2.31. The molecule has 0 N–H and O–H groups in total. The molecule has 0 radical (unpaired) electrons. The van der Waals surface area contributed by atoms with Crippen molar-refractivity contribution >= 4 is 16.8 Å². The summed E-state index contributed by atoms with van der Waals surface area (Å²) in [5.41, 5.74) is 0.802. The topological polar surface area (TPSA) is 44.8 Å². The summed E-state index contributed by atoms with van der Waals surface area (Å²) in [6.45, 7) is 1.84. The Hall–Kier alpha value is -1.26. The van der Waals surface area contributed by atoms with Crippen molar-refractivity contribution in [2.24, 2.45) is 0 Å². The zero-order chi connectivity index (χ0) is 12.8. The van der Waals surface area contributed by atoms with E-state index in [2.05, 4.69) is 0 Å². The second-order valence-corrected chi connectivity index (χ2v) is 3.78. The molecule has 1 rings (SSSR count). The van der Waals surface area contributed by atoms with Gasteiger partial charge in [0.25, 0.3) is 0 Å². The molecule has 0 aliphatic rings. The molecular formula is C12H15ClO4. The van der Waals surface area contributed by atoms with Crippen LogP contribution in [0.3, 0.4) is 0 Å². The first kappa shape index (κ1) is 13.8. The first-order chi connectivity index (χ1) is 8.10. The molecule has 1 aromatic carbocycles. The van der Waals surface area contributed by atoms with Gasteiger partial charge in [-0.05, 0) is 24.6 Å². The average molecular weight is 259 g/mol. The third kappa shape index (κ3) is 3.61. The Kier molecular flexibility index (Phi) is 5.25. The fraction of sp³-hybridized carbons (Fsp3) is 0.417. The van der Waals surface area contributed by atoms with Gasteiger partial charge in [0.2, 0.25) is 5.24 Å². The quantitative estimate of drug-likeness (QED) is 0.735. The van der Waals surface area contributed by atoms with E-state index in [0.717, 1.165) is 5.56 Å². The van der Waals surface area contributed by atoms with E-state index in [0.29, 0.717) is 11.5 Å². The molecule has 1 unspecified atom stereocenters. The monoisotopic (exact) mass is 258 g/mol. The molecule has 1 atom stereocenters. The van der Waals surface area contributed by atoms with Gasteiger partial charge >= 0.3 is 0 Å². The molecule has 94 valence electrons. The van der Waals surface area contributed by atoms with Crippen LogP contribution in [-0.4, -0.2) is 25.6 Å². The van der Waals surface area contributed by atoms with Crippen molar-refractivity contribution < 1.29 is 19.0 Å². The van der Waals surface area contributed by atoms with Crippen LogP contribution in [0.4, 0.5) is 0 Å². The second kappa shape index (κ2) is 6.47. The van der Waals surface area contributed by atoms with E-state index in [1.807, 2.05) is 12.1 Å². The Morgan fingerprint density at radius 3 is 2.59 bits per heavy atom. The lowest BCUT2D eigenvalue weighted by atomic mass is 10.2. The number of carbonyl (C=O) groups excluding carboxylic acids is 1. The zero-order valence-corrected chi connectivity index (χ0v) is 10.8. The first-order valence-electron chi connectivity index (χ1n) is 5.11. The summed E-state index contributed by atoms with van der Waals surface area (Å²) in [5, 5.41) is -0.521. The lowest BCUT2D eigenvalue weighted by Gasteiger charge is -2.14. The predicted molar refractivity (Wildman–Crippen MR) is 64.7 cm³/mol. The zero-order valence-electron chi connectivity index (χ0n) is 10.0. The molecule has 0 bridgehead atoms. The van der Waals surface area contributed by atoms with Crippen molar-refractivity contribution in [1.82, 2.24) is 0 Å². The van der Waals surface area contributed by atoms with Crippen LogP contribution in [0.1, 0.15) is 12.5 Å². The van der Waals surface area contributed by atoms with E-state index in [1.165, 1.54) is 0 Å². The maximum absolute atomic E-state index is 10.8. The maximum Gasteiger partial charge on any atom is 0.250 e. The summed E-state index contributed by atoms with van der Waals surface area (Å²) < 4.78 is 15.7. The highest BCUT2D eigenvalue weighted by Gasteiger charge is 2.13. The maximum atomic E-state index is 10.8. The number of ether oxygens (including phenoxy) is 3. The minimum Gasteiger partial charge on any atom is -0.493 e. The van der Waals surface area contributed by atoms with Gasteiger partial charge in [0.05, 0.1) is 20.8 Å². The van der Waals surface area contributed by atoms with Crippen LogP contribution in [0, 0.1) is 0 Å². The molecule has 0 saturated carbocycles. The van der Waals surface area contributed by atoms with Crippen LogP contribution in [0.2, 0.25) is 0 Å². The molecule has 0 heterocycles. The van der Waals surface area contributed by atoms with Crippen molar-refractivity contribution in [2.75, 3.05) is 14.2 Å². The van der Waals surface area contributed by atoms with Crippen molar-refractivity contribution in [3.8, 4) is 11.5 Å². The van der Waals surface area contributed by atoms with Gasteiger partial charge in [-0.2, -0.15) is 0 Å². The average Bonchev–Trinajstić information content (AvgIpc) is 2.34. The van der Waals surface area contributed by atoms with Crippen LogP contribution in [0.5, 0.6) is 11.5 Å². The third-order valence-corrected chi connectivity index (χ3v) is 2.60. The Bertz CT molecular complexity index is 392. The fourth-order valence-corrected chi connectivity index (χ4v) is 1.41. The minimum absolute atomic E-state index is 0.236. The number of hydrogen-bond acceptors (Lipinski definition) is 4. The van der Waals surface area contributed by atoms with E-state index < -0.39 is 11.3 Å². The molecule has 0 aromatic heterocycles. The van der Waals surface area contributed by atoms with Gasteiger partial charge in [-0.25, -0.2) is 0 Å². The number of methoxy groups -OCH3 is 2. The van der Waals surface area contributed by atoms with Crippen LogP contribution < -0.4 is 9.47 Å². The lowest BCUT2D eigenvalue weighted by Crippen LogP contribution is -2.15. The van der Waals surface area contributed by atoms with Gasteiger partial charge < -0.3 is 14.2 Å². The molecular weight excluding hydrogens is 244 g/mol. The Labute approximate surface area is 105 Å². The number of benzene rings is 1. The van der Waals surface area contributed by atoms with E-state index >= 15 is 0 Å². The normalized spacial score (nSPS) is 12.0. The van der Waals surface area contributed by atoms with Crippen molar-refractivity contribution in [1.29, 1.82) is 0 Å². The molecule has 0 fully saturated rings. The molecule has 0 aliphatic carbocycles. The highest BCUT2D eigenvalue weighted by molar-refractivity contribution is 6.64. The summed E-state index contributed by atoms with van der Waals surface area (Å²) in [5.74, 6) is 1.22. The van der Waals surface area contributed by atoms with E-state index in [1.54, 1.807) is 27.2 Å². The summed E-state index contributed by atoms with van der Waals surface area (Å²) >= 11 is 5.31. The van der Waals surface area contributed by atoms with E-state index in [-0.39, 0.29) is 6.61 Å². The van der Waals surface area contributed by atoms with Crippen molar-refractivity contribution in [3.05, 3.63) is 23.8 Å². The Morgan fingerprint density at radius 2 is 2.06 bits per heavy atom. The number of para-hydroxylation sites is 1. The minimum atomic E-state index is -0.646. The van der Waals surface area contributed by atoms with E-state index in [9.17, 15) is 4.79 Å². The molecule has 4 nitrogen and oxygen atoms in total. The number of rotatable bonds is 6. The molecule has 0 amide bonds. The molecule has 17 heavy (non-hydrogen) atoms. The number of hydrogen-bond donors (Lipinski definition) is 0. The van der Waals surface area contributed by atoms with Gasteiger partial charge in [0, 0.05) is 5.56 Å². The Morgan fingerprint density at radius 1 is 1.35 bits per heavy atom. The van der Waals surface area contributed by atoms with Crippen LogP contribution >= 0.6 is 11.6 Å². The van der Waals surface area contributed by atoms with Crippen molar-refractivity contribution in [2.45, 2.75) is 19.6 Å². The molecule has 0 aliphatic heterocycles. The molecule has 0 spiro atoms. The van der Waals surface area contributed by atoms with Gasteiger partial charge in [0.15, 0.2) is 11.5 Å². The smallest absolute Gasteiger partial charge is 0.250 e. The highest BCUT2D eigenvalue weighted by atomic mass is 35.5. The molecule has 0 saturated heterocycles. The summed E-state index contributed by atoms with van der Waals surface area (Å²) in [4.78, 5) is 10.8. The Balaban J connectivity index is 2.80. The number of halogens is 1. The van der Waals surface area contributed by atoms with Gasteiger partial charge in [0.1, 0.15) is 6.10 Å². The molecule has 1 aromatic rings. The van der Waals surface area contributed by atoms with Gasteiger partial charge in [-0.3, -0.25) is 4.79 Å². The fourth-order valence-electron chi connectivity index (χ4n) is 1.35. The standard InChI is InChI=1S/C12H15ClO4/c1-8(12(13)14)17-7-9-5-4-6-10(15-2)11(9)16-3/h4-6,8H,7H2,1-3H3. The lowest BCUT2D eigenvalue weighted by molar-refractivity contribution is -0.122. The number of carbonyl (C=O) groups is 1. The second-order valence-electron chi connectivity index (χ2n) is 3.41.